The zero-order valence-electron chi connectivity index (χ0n) is 15.4. The van der Waals surface area contributed by atoms with Crippen LogP contribution >= 0.6 is 24.8 Å². The lowest BCUT2D eigenvalue weighted by Gasteiger charge is -2.41. The number of pyridine rings is 1. The standard InChI is InChI=1S/C20H20N2O4.2ClH/c1-25-19(24)16-4-2-14(12-22-16)13-3-5-18-15(10-13)17(23)11-20(26-18)6-8-21-9-7-20;;/h2-5,10,12,21H,6-9,11H2,1H3;2*1H. The third-order valence-corrected chi connectivity index (χ3v) is 5.10. The number of piperidine rings is 1. The molecule has 0 atom stereocenters. The van der Waals surface area contributed by atoms with Crippen molar-refractivity contribution in [1.29, 1.82) is 0 Å². The largest absolute Gasteiger partial charge is 0.486 e. The summed E-state index contributed by atoms with van der Waals surface area (Å²) < 4.78 is 10.9. The Bertz CT molecular complexity index is 865. The van der Waals surface area contributed by atoms with E-state index >= 15 is 0 Å². The first-order valence-corrected chi connectivity index (χ1v) is 8.72. The quantitative estimate of drug-likeness (QED) is 0.743. The number of aromatic nitrogens is 1. The van der Waals surface area contributed by atoms with E-state index in [4.69, 9.17) is 4.74 Å². The van der Waals surface area contributed by atoms with E-state index in [1.165, 1.54) is 7.11 Å². The highest BCUT2D eigenvalue weighted by Gasteiger charge is 2.41. The second kappa shape index (κ2) is 8.90. The topological polar surface area (TPSA) is 77.5 Å². The molecule has 4 rings (SSSR count). The lowest BCUT2D eigenvalue weighted by Crippen LogP contribution is -2.49. The van der Waals surface area contributed by atoms with Gasteiger partial charge in [0, 0.05) is 24.6 Å². The van der Waals surface area contributed by atoms with Crippen molar-refractivity contribution < 1.29 is 19.1 Å². The Morgan fingerprint density at radius 2 is 1.86 bits per heavy atom. The molecule has 1 aromatic heterocycles. The highest BCUT2D eigenvalue weighted by molar-refractivity contribution is 6.01. The Labute approximate surface area is 175 Å². The number of esters is 1. The van der Waals surface area contributed by atoms with Crippen LogP contribution in [0.15, 0.2) is 36.5 Å². The second-order valence-corrected chi connectivity index (χ2v) is 6.77. The first-order valence-electron chi connectivity index (χ1n) is 8.72. The van der Waals surface area contributed by atoms with E-state index in [0.29, 0.717) is 17.7 Å². The van der Waals surface area contributed by atoms with Gasteiger partial charge in [0.1, 0.15) is 17.0 Å². The summed E-state index contributed by atoms with van der Waals surface area (Å²) in [7, 11) is 1.32. The Morgan fingerprint density at radius 1 is 1.14 bits per heavy atom. The molecule has 1 spiro atoms. The SMILES string of the molecule is COC(=O)c1ccc(-c2ccc3c(c2)C(=O)CC2(CCNCC2)O3)cn1.Cl.Cl. The number of benzene rings is 1. The first-order chi connectivity index (χ1) is 12.6. The van der Waals surface area contributed by atoms with Gasteiger partial charge in [-0.3, -0.25) is 4.79 Å². The molecule has 1 aromatic carbocycles. The molecule has 6 nitrogen and oxygen atoms in total. The fourth-order valence-electron chi connectivity index (χ4n) is 3.62. The van der Waals surface area contributed by atoms with Crippen molar-refractivity contribution >= 4 is 36.6 Å². The van der Waals surface area contributed by atoms with E-state index in [9.17, 15) is 9.59 Å². The van der Waals surface area contributed by atoms with Crippen LogP contribution in [0.25, 0.3) is 11.1 Å². The van der Waals surface area contributed by atoms with Crippen LogP contribution < -0.4 is 10.1 Å². The van der Waals surface area contributed by atoms with Crippen LogP contribution in [0, 0.1) is 0 Å². The van der Waals surface area contributed by atoms with Gasteiger partial charge in [-0.15, -0.1) is 24.8 Å². The zero-order chi connectivity index (χ0) is 18.1. The Kier molecular flexibility index (Phi) is 7.04. The number of methoxy groups -OCH3 is 1. The van der Waals surface area contributed by atoms with Crippen LogP contribution in [-0.2, 0) is 4.74 Å². The van der Waals surface area contributed by atoms with Gasteiger partial charge in [-0.2, -0.15) is 0 Å². The number of ketones is 1. The van der Waals surface area contributed by atoms with Gasteiger partial charge < -0.3 is 14.8 Å². The summed E-state index contributed by atoms with van der Waals surface area (Å²) in [5, 5.41) is 3.31. The summed E-state index contributed by atoms with van der Waals surface area (Å²) in [6.45, 7) is 1.75. The maximum Gasteiger partial charge on any atom is 0.356 e. The van der Waals surface area contributed by atoms with Crippen molar-refractivity contribution in [3.63, 3.8) is 0 Å². The molecule has 1 saturated heterocycles. The highest BCUT2D eigenvalue weighted by atomic mass is 35.5. The van der Waals surface area contributed by atoms with Gasteiger partial charge >= 0.3 is 5.97 Å². The minimum atomic E-state index is -0.474. The number of hydrogen-bond acceptors (Lipinski definition) is 6. The number of nitrogens with one attached hydrogen (secondary N) is 1. The Hall–Kier alpha value is -2.15. The average Bonchev–Trinajstić information content (AvgIpc) is 2.68. The number of carbonyl (C=O) groups is 2. The number of ether oxygens (including phenoxy) is 2. The summed E-state index contributed by atoms with van der Waals surface area (Å²) in [5.74, 6) is 0.304. The lowest BCUT2D eigenvalue weighted by molar-refractivity contribution is 0.0187. The molecule has 0 bridgehead atoms. The fraction of sp³-hybridized carbons (Fsp3) is 0.350. The number of nitrogens with zero attached hydrogens (tertiary/aromatic N) is 1. The molecular weight excluding hydrogens is 403 g/mol. The Morgan fingerprint density at radius 3 is 2.50 bits per heavy atom. The number of rotatable bonds is 2. The number of Topliss-reactive ketones (excluding diaryl/α,β-unsaturated/α-hetero) is 1. The van der Waals surface area contributed by atoms with Crippen molar-refractivity contribution in [1.82, 2.24) is 10.3 Å². The second-order valence-electron chi connectivity index (χ2n) is 6.77. The maximum atomic E-state index is 12.7. The predicted molar refractivity (Wildman–Crippen MR) is 110 cm³/mol. The molecule has 2 aliphatic rings. The summed E-state index contributed by atoms with van der Waals surface area (Å²) >= 11 is 0. The minimum Gasteiger partial charge on any atom is -0.486 e. The van der Waals surface area contributed by atoms with Crippen molar-refractivity contribution in [2.24, 2.45) is 0 Å². The van der Waals surface area contributed by atoms with Crippen LogP contribution in [0.3, 0.4) is 0 Å². The monoisotopic (exact) mass is 424 g/mol. The molecule has 2 aromatic rings. The van der Waals surface area contributed by atoms with Gasteiger partial charge in [0.2, 0.25) is 0 Å². The third-order valence-electron chi connectivity index (χ3n) is 5.10. The number of halogens is 2. The fourth-order valence-corrected chi connectivity index (χ4v) is 3.62. The molecule has 1 N–H and O–H groups in total. The van der Waals surface area contributed by atoms with Crippen LogP contribution in [0.4, 0.5) is 0 Å². The molecule has 0 radical (unpaired) electrons. The summed E-state index contributed by atoms with van der Waals surface area (Å²) in [6.07, 6.45) is 3.72. The molecule has 28 heavy (non-hydrogen) atoms. The molecular formula is C20H22Cl2N2O4. The van der Waals surface area contributed by atoms with Gasteiger partial charge in [-0.05, 0) is 36.9 Å². The summed E-state index contributed by atoms with van der Waals surface area (Å²) in [6, 6.07) is 9.04. The number of hydrogen-bond donors (Lipinski definition) is 1. The summed E-state index contributed by atoms with van der Waals surface area (Å²) in [4.78, 5) is 28.4. The van der Waals surface area contributed by atoms with Gasteiger partial charge in [0.05, 0.1) is 19.1 Å². The van der Waals surface area contributed by atoms with E-state index < -0.39 is 5.97 Å². The van der Waals surface area contributed by atoms with Crippen LogP contribution in [0.5, 0.6) is 5.75 Å². The minimum absolute atomic E-state index is 0. The number of carbonyl (C=O) groups excluding carboxylic acids is 2. The average molecular weight is 425 g/mol. The van der Waals surface area contributed by atoms with Crippen molar-refractivity contribution in [3.8, 4) is 16.9 Å². The van der Waals surface area contributed by atoms with Gasteiger partial charge in [-0.1, -0.05) is 12.1 Å². The molecule has 0 saturated carbocycles. The van der Waals surface area contributed by atoms with Crippen LogP contribution in [0.2, 0.25) is 0 Å². The molecule has 0 unspecified atom stereocenters. The van der Waals surface area contributed by atoms with Gasteiger partial charge in [-0.25, -0.2) is 9.78 Å². The van der Waals surface area contributed by atoms with E-state index in [0.717, 1.165) is 37.1 Å². The molecule has 1 fully saturated rings. The molecule has 150 valence electrons. The molecule has 3 heterocycles. The lowest BCUT2D eigenvalue weighted by atomic mass is 9.82. The van der Waals surface area contributed by atoms with Gasteiger partial charge in [0.25, 0.3) is 0 Å². The molecule has 0 aliphatic carbocycles. The van der Waals surface area contributed by atoms with Crippen molar-refractivity contribution in [2.75, 3.05) is 20.2 Å². The Balaban J connectivity index is 0.00000140. The third kappa shape index (κ3) is 4.14. The molecule has 2 aliphatic heterocycles. The normalized spacial score (nSPS) is 16.8. The van der Waals surface area contributed by atoms with E-state index in [1.54, 1.807) is 18.3 Å². The molecule has 0 amide bonds. The van der Waals surface area contributed by atoms with E-state index in [2.05, 4.69) is 15.0 Å². The van der Waals surface area contributed by atoms with Crippen LogP contribution in [-0.4, -0.2) is 42.5 Å². The van der Waals surface area contributed by atoms with E-state index in [1.807, 2.05) is 18.2 Å². The highest BCUT2D eigenvalue weighted by Crippen LogP contribution is 2.39. The van der Waals surface area contributed by atoms with Gasteiger partial charge in [0.15, 0.2) is 5.78 Å². The van der Waals surface area contributed by atoms with Crippen molar-refractivity contribution in [2.45, 2.75) is 24.9 Å². The maximum absolute atomic E-state index is 12.7. The summed E-state index contributed by atoms with van der Waals surface area (Å²) in [5.41, 5.74) is 2.20. The zero-order valence-corrected chi connectivity index (χ0v) is 17.0. The first kappa shape index (κ1) is 22.1. The smallest absolute Gasteiger partial charge is 0.356 e. The van der Waals surface area contributed by atoms with E-state index in [-0.39, 0.29) is 41.9 Å². The predicted octanol–water partition coefficient (Wildman–Crippen LogP) is 3.47. The van der Waals surface area contributed by atoms with Crippen molar-refractivity contribution in [3.05, 3.63) is 47.8 Å². The molecule has 8 heteroatoms. The number of fused-ring (bicyclic) bond motifs is 1. The van der Waals surface area contributed by atoms with Crippen LogP contribution in [0.1, 0.15) is 40.1 Å².